The fraction of sp³-hybridized carbons (Fsp3) is 1.00. The highest BCUT2D eigenvalue weighted by atomic mass is 16.6. The molecule has 0 radical (unpaired) electrons. The summed E-state index contributed by atoms with van der Waals surface area (Å²) in [4.78, 5) is 0. The third kappa shape index (κ3) is 29.2. The first-order valence-corrected chi connectivity index (χ1v) is 4.57. The van der Waals surface area contributed by atoms with Crippen molar-refractivity contribution in [2.45, 2.75) is 18.7 Å². The van der Waals surface area contributed by atoms with Gasteiger partial charge in [-0.3, -0.25) is 0 Å². The average Bonchev–Trinajstić information content (AvgIpc) is 2.83. The highest BCUT2D eigenvalue weighted by Gasteiger charge is 2.14. The van der Waals surface area contributed by atoms with Crippen molar-refractivity contribution in [3.63, 3.8) is 0 Å². The first-order chi connectivity index (χ1) is 7.41. The normalized spacial score (nSPS) is 31.5. The first-order valence-electron chi connectivity index (χ1n) is 4.57. The molecule has 0 aliphatic carbocycles. The third-order valence-corrected chi connectivity index (χ3v) is 1.08. The lowest BCUT2D eigenvalue weighted by Crippen LogP contribution is -2.07. The lowest BCUT2D eigenvalue weighted by molar-refractivity contribution is 0.278. The van der Waals surface area contributed by atoms with Crippen LogP contribution in [0.25, 0.3) is 0 Å². The van der Waals surface area contributed by atoms with E-state index >= 15 is 0 Å². The van der Waals surface area contributed by atoms with Gasteiger partial charge in [0.25, 0.3) is 0 Å². The molecule has 9 N–H and O–H groups in total. The Morgan fingerprint density at radius 1 is 0.750 bits per heavy atom. The molecule has 3 atom stereocenters. The van der Waals surface area contributed by atoms with Crippen LogP contribution in [0.3, 0.4) is 0 Å². The predicted octanol–water partition coefficient (Wildman–Crippen LogP) is -4.15. The molecule has 0 spiro atoms. The molecule has 0 bridgehead atoms. The molecule has 3 saturated heterocycles. The Kier molecular flexibility index (Phi) is 8.65. The number of hydrogen-bond donors (Lipinski definition) is 6. The van der Waals surface area contributed by atoms with Gasteiger partial charge in [0, 0.05) is 0 Å². The Morgan fingerprint density at radius 3 is 0.812 bits per heavy atom. The molecule has 0 aromatic rings. The topological polar surface area (TPSA) is 176 Å². The van der Waals surface area contributed by atoms with E-state index in [0.29, 0.717) is 0 Å². The van der Waals surface area contributed by atoms with Crippen LogP contribution >= 0.6 is 0 Å². The molecule has 3 rings (SSSR count). The van der Waals surface area contributed by atoms with Crippen molar-refractivity contribution in [2.24, 2.45) is 17.2 Å². The largest absolute Gasteiger partial charge is 0.631 e. The van der Waals surface area contributed by atoms with Gasteiger partial charge in [0.1, 0.15) is 18.7 Å². The number of epoxide rings is 3. The van der Waals surface area contributed by atoms with Gasteiger partial charge in [-0.2, -0.15) is 0 Å². The third-order valence-electron chi connectivity index (χ3n) is 1.08. The summed E-state index contributed by atoms with van der Waals surface area (Å²) in [5, 5.41) is 21.5. The molecule has 0 aromatic heterocycles. The van der Waals surface area contributed by atoms with Crippen molar-refractivity contribution >= 4 is 7.32 Å². The molecule has 9 nitrogen and oxygen atoms in total. The van der Waals surface area contributed by atoms with Crippen LogP contribution < -0.4 is 17.2 Å². The summed E-state index contributed by atoms with van der Waals surface area (Å²) in [6, 6.07) is 0. The van der Waals surface area contributed by atoms with Crippen molar-refractivity contribution in [3.05, 3.63) is 0 Å². The number of nitrogens with two attached hydrogens (primary N) is 3. The van der Waals surface area contributed by atoms with E-state index in [2.05, 4.69) is 14.2 Å². The Hall–Kier alpha value is -0.295. The quantitative estimate of drug-likeness (QED) is 0.181. The summed E-state index contributed by atoms with van der Waals surface area (Å²) in [5.74, 6) is 0. The van der Waals surface area contributed by atoms with E-state index in [4.69, 9.17) is 32.3 Å². The van der Waals surface area contributed by atoms with Gasteiger partial charge in [-0.05, 0) is 0 Å². The maximum atomic E-state index is 7.17. The highest BCUT2D eigenvalue weighted by Crippen LogP contribution is 1.97. The van der Waals surface area contributed by atoms with Crippen LogP contribution in [0.1, 0.15) is 0 Å². The van der Waals surface area contributed by atoms with E-state index in [-0.39, 0.29) is 18.7 Å². The van der Waals surface area contributed by atoms with Crippen LogP contribution in [-0.2, 0) is 14.2 Å². The Balaban J connectivity index is 0.000000187. The molecule has 96 valence electrons. The summed E-state index contributed by atoms with van der Waals surface area (Å²) in [6.45, 7) is 2.29. The van der Waals surface area contributed by atoms with Crippen LogP contribution in [0.15, 0.2) is 0 Å². The van der Waals surface area contributed by atoms with E-state index in [0.717, 1.165) is 19.8 Å². The van der Waals surface area contributed by atoms with E-state index in [1.165, 1.54) is 0 Å². The van der Waals surface area contributed by atoms with Crippen LogP contribution in [0.4, 0.5) is 0 Å². The fourth-order valence-electron chi connectivity index (χ4n) is 0.167. The molecule has 3 fully saturated rings. The lowest BCUT2D eigenvalue weighted by atomic mass is 10.3. The van der Waals surface area contributed by atoms with E-state index < -0.39 is 7.32 Å². The van der Waals surface area contributed by atoms with E-state index in [1.807, 2.05) is 0 Å². The maximum Gasteiger partial charge on any atom is 0.631 e. The van der Waals surface area contributed by atoms with Crippen molar-refractivity contribution in [1.82, 2.24) is 0 Å². The highest BCUT2D eigenvalue weighted by molar-refractivity contribution is 6.30. The smallest absolute Gasteiger partial charge is 0.402 e. The Morgan fingerprint density at radius 2 is 0.812 bits per heavy atom. The standard InChI is InChI=1S/3C2H5NO.BH3O3/c3*3-2-1-4-2;2-1(3)4/h3*2H,1,3H2;2-4H. The second kappa shape index (κ2) is 8.81. The minimum absolute atomic E-state index is 0.0833. The summed E-state index contributed by atoms with van der Waals surface area (Å²) in [7, 11) is -2.17. The van der Waals surface area contributed by atoms with Gasteiger partial charge in [-0.15, -0.1) is 0 Å². The van der Waals surface area contributed by atoms with Crippen molar-refractivity contribution in [3.8, 4) is 0 Å². The molecule has 3 heterocycles. The van der Waals surface area contributed by atoms with Gasteiger partial charge >= 0.3 is 7.32 Å². The molecular formula is C6H18BN3O6. The molecule has 0 amide bonds. The molecule has 3 aliphatic heterocycles. The van der Waals surface area contributed by atoms with Crippen LogP contribution in [0.5, 0.6) is 0 Å². The molecule has 16 heavy (non-hydrogen) atoms. The summed E-state index contributed by atoms with van der Waals surface area (Å²) in [6.07, 6.45) is 0.250. The minimum atomic E-state index is -2.17. The van der Waals surface area contributed by atoms with Gasteiger partial charge in [-0.1, -0.05) is 0 Å². The summed E-state index contributed by atoms with van der Waals surface area (Å²) < 4.78 is 13.5. The zero-order chi connectivity index (χ0) is 12.6. The molecule has 0 aromatic carbocycles. The van der Waals surface area contributed by atoms with Gasteiger partial charge in [0.15, 0.2) is 0 Å². The van der Waals surface area contributed by atoms with Crippen molar-refractivity contribution in [2.75, 3.05) is 19.8 Å². The fourth-order valence-corrected chi connectivity index (χ4v) is 0.167. The van der Waals surface area contributed by atoms with Crippen molar-refractivity contribution < 1.29 is 29.3 Å². The van der Waals surface area contributed by atoms with Gasteiger partial charge in [0.2, 0.25) is 0 Å². The van der Waals surface area contributed by atoms with Crippen LogP contribution in [-0.4, -0.2) is 60.9 Å². The lowest BCUT2D eigenvalue weighted by Gasteiger charge is -1.69. The second-order valence-corrected chi connectivity index (χ2v) is 2.96. The SMILES string of the molecule is NC1CO1.NC1CO1.NC1CO1.OB(O)O. The predicted molar refractivity (Wildman–Crippen MR) is 54.2 cm³/mol. The molecule has 0 saturated carbocycles. The molecule has 10 heteroatoms. The molecule has 3 aliphatic rings. The average molecular weight is 239 g/mol. The van der Waals surface area contributed by atoms with Gasteiger partial charge in [0.05, 0.1) is 19.8 Å². The molecular weight excluding hydrogens is 221 g/mol. The zero-order valence-electron chi connectivity index (χ0n) is 8.73. The number of hydrogen-bond acceptors (Lipinski definition) is 9. The summed E-state index contributed by atoms with van der Waals surface area (Å²) >= 11 is 0. The second-order valence-electron chi connectivity index (χ2n) is 2.96. The zero-order valence-corrected chi connectivity index (χ0v) is 8.73. The first kappa shape index (κ1) is 15.7. The number of rotatable bonds is 0. The van der Waals surface area contributed by atoms with E-state index in [9.17, 15) is 0 Å². The minimum Gasteiger partial charge on any atom is -0.402 e. The maximum absolute atomic E-state index is 7.17. The Labute approximate surface area is 93.2 Å². The van der Waals surface area contributed by atoms with Gasteiger partial charge in [-0.25, -0.2) is 0 Å². The van der Waals surface area contributed by atoms with Crippen molar-refractivity contribution in [1.29, 1.82) is 0 Å². The number of ether oxygens (including phenoxy) is 3. The Bertz CT molecular complexity index is 138. The van der Waals surface area contributed by atoms with E-state index in [1.54, 1.807) is 0 Å². The molecule has 3 unspecified atom stereocenters. The summed E-state index contributed by atoms with van der Waals surface area (Å²) in [5.41, 5.74) is 15.0. The van der Waals surface area contributed by atoms with Gasteiger partial charge < -0.3 is 46.5 Å². The monoisotopic (exact) mass is 239 g/mol. The van der Waals surface area contributed by atoms with Crippen LogP contribution in [0, 0.1) is 0 Å². The van der Waals surface area contributed by atoms with Crippen LogP contribution in [0.2, 0.25) is 0 Å².